The summed E-state index contributed by atoms with van der Waals surface area (Å²) in [4.78, 5) is 14.7. The van der Waals surface area contributed by atoms with Crippen molar-refractivity contribution in [1.29, 1.82) is 0 Å². The predicted octanol–water partition coefficient (Wildman–Crippen LogP) is 3.78. The number of nitrogens with zero attached hydrogens (tertiary/aromatic N) is 1. The highest BCUT2D eigenvalue weighted by molar-refractivity contribution is 5.75. The van der Waals surface area contributed by atoms with E-state index in [1.807, 2.05) is 6.92 Å². The largest absolute Gasteiger partial charge is 0.338 e. The topological polar surface area (TPSA) is 32.3 Å². The van der Waals surface area contributed by atoms with Gasteiger partial charge in [0.1, 0.15) is 0 Å². The van der Waals surface area contributed by atoms with Crippen LogP contribution in [0, 0.1) is 12.8 Å². The van der Waals surface area contributed by atoms with E-state index in [4.69, 9.17) is 0 Å². The molecule has 0 aromatic heterocycles. The maximum Gasteiger partial charge on any atom is 0.317 e. The summed E-state index contributed by atoms with van der Waals surface area (Å²) in [5.41, 5.74) is 4.83. The number of nitrogens with one attached hydrogen (secondary N) is 1. The van der Waals surface area contributed by atoms with Crippen molar-refractivity contribution < 1.29 is 4.79 Å². The number of urea groups is 1. The SMILES string of the molecule is CCNC(=O)N1CC[C@]23CCCC[C@H]2[C@H]1Cc1ccc(C)cc13. The van der Waals surface area contributed by atoms with Crippen molar-refractivity contribution in [2.75, 3.05) is 13.1 Å². The molecule has 3 heteroatoms. The lowest BCUT2D eigenvalue weighted by atomic mass is 9.52. The van der Waals surface area contributed by atoms with Gasteiger partial charge < -0.3 is 10.2 Å². The zero-order valence-corrected chi connectivity index (χ0v) is 14.4. The first-order valence-electron chi connectivity index (χ1n) is 9.30. The molecular formula is C20H28N2O. The number of likely N-dealkylation sites (tertiary alicyclic amines) is 1. The van der Waals surface area contributed by atoms with Gasteiger partial charge in [0.15, 0.2) is 0 Å². The molecule has 3 atom stereocenters. The van der Waals surface area contributed by atoms with Crippen LogP contribution in [0.2, 0.25) is 0 Å². The summed E-state index contributed by atoms with van der Waals surface area (Å²) in [6, 6.07) is 7.56. The summed E-state index contributed by atoms with van der Waals surface area (Å²) in [7, 11) is 0. The number of amides is 2. The predicted molar refractivity (Wildman–Crippen MR) is 92.7 cm³/mol. The fraction of sp³-hybridized carbons (Fsp3) is 0.650. The van der Waals surface area contributed by atoms with Gasteiger partial charge in [0.05, 0.1) is 0 Å². The molecule has 2 bridgehead atoms. The van der Waals surface area contributed by atoms with E-state index in [9.17, 15) is 4.79 Å². The minimum Gasteiger partial charge on any atom is -0.338 e. The third-order valence-electron chi connectivity index (χ3n) is 6.58. The average molecular weight is 312 g/mol. The third-order valence-corrected chi connectivity index (χ3v) is 6.58. The van der Waals surface area contributed by atoms with E-state index < -0.39 is 0 Å². The van der Waals surface area contributed by atoms with Crippen molar-refractivity contribution in [1.82, 2.24) is 10.2 Å². The van der Waals surface area contributed by atoms with Gasteiger partial charge in [-0.2, -0.15) is 0 Å². The normalized spacial score (nSPS) is 32.0. The molecule has 1 saturated heterocycles. The number of rotatable bonds is 1. The molecule has 0 spiro atoms. The summed E-state index contributed by atoms with van der Waals surface area (Å²) in [6.07, 6.45) is 7.45. The Morgan fingerprint density at radius 2 is 2.22 bits per heavy atom. The number of piperidine rings is 1. The Bertz CT molecular complexity index is 626. The molecule has 1 aromatic carbocycles. The molecule has 2 fully saturated rings. The molecule has 23 heavy (non-hydrogen) atoms. The van der Waals surface area contributed by atoms with E-state index in [1.54, 1.807) is 5.56 Å². The zero-order chi connectivity index (χ0) is 16.0. The van der Waals surface area contributed by atoms with Crippen LogP contribution in [0.1, 0.15) is 55.7 Å². The lowest BCUT2D eigenvalue weighted by Crippen LogP contribution is -2.63. The standard InChI is InChI=1S/C20H28N2O/c1-3-21-19(23)22-11-10-20-9-5-4-6-16(20)18(22)13-15-8-7-14(2)12-17(15)20/h7-8,12,16,18H,3-6,9-11,13H2,1-2H3,(H,21,23)/t16-,18+,20+/m0/s1. The first-order valence-corrected chi connectivity index (χ1v) is 9.30. The van der Waals surface area contributed by atoms with Crippen LogP contribution in [-0.4, -0.2) is 30.1 Å². The maximum atomic E-state index is 12.6. The minimum atomic E-state index is 0.146. The molecule has 2 aliphatic carbocycles. The molecule has 3 aliphatic rings. The number of aryl methyl sites for hydroxylation is 1. The van der Waals surface area contributed by atoms with E-state index in [2.05, 4.69) is 35.3 Å². The van der Waals surface area contributed by atoms with Crippen LogP contribution in [-0.2, 0) is 11.8 Å². The lowest BCUT2D eigenvalue weighted by Gasteiger charge is -2.59. The number of carbonyl (C=O) groups is 1. The highest BCUT2D eigenvalue weighted by atomic mass is 16.2. The Balaban J connectivity index is 1.78. The summed E-state index contributed by atoms with van der Waals surface area (Å²) in [5, 5.41) is 3.03. The Morgan fingerprint density at radius 1 is 1.35 bits per heavy atom. The fourth-order valence-electron chi connectivity index (χ4n) is 5.62. The van der Waals surface area contributed by atoms with Gasteiger partial charge in [0.25, 0.3) is 0 Å². The van der Waals surface area contributed by atoms with Gasteiger partial charge in [-0.3, -0.25) is 0 Å². The van der Waals surface area contributed by atoms with Crippen molar-refractivity contribution >= 4 is 6.03 Å². The Hall–Kier alpha value is -1.51. The smallest absolute Gasteiger partial charge is 0.317 e. The Labute approximate surface area is 139 Å². The molecular weight excluding hydrogens is 284 g/mol. The minimum absolute atomic E-state index is 0.146. The highest BCUT2D eigenvalue weighted by Crippen LogP contribution is 2.55. The van der Waals surface area contributed by atoms with E-state index in [0.29, 0.717) is 23.9 Å². The van der Waals surface area contributed by atoms with Gasteiger partial charge in [-0.25, -0.2) is 4.79 Å². The second-order valence-electron chi connectivity index (χ2n) is 7.72. The molecule has 1 saturated carbocycles. The number of benzene rings is 1. The molecule has 4 rings (SSSR count). The van der Waals surface area contributed by atoms with Gasteiger partial charge in [0, 0.05) is 24.5 Å². The van der Waals surface area contributed by atoms with Gasteiger partial charge >= 0.3 is 6.03 Å². The molecule has 3 nitrogen and oxygen atoms in total. The molecule has 1 N–H and O–H groups in total. The van der Waals surface area contributed by atoms with Gasteiger partial charge in [-0.05, 0) is 56.6 Å². The molecule has 0 unspecified atom stereocenters. The fourth-order valence-corrected chi connectivity index (χ4v) is 5.62. The second kappa shape index (κ2) is 5.54. The molecule has 2 amide bonds. The number of hydrogen-bond donors (Lipinski definition) is 1. The quantitative estimate of drug-likeness (QED) is 0.841. The van der Waals surface area contributed by atoms with E-state index in [0.717, 1.165) is 19.4 Å². The second-order valence-corrected chi connectivity index (χ2v) is 7.72. The van der Waals surface area contributed by atoms with Crippen LogP contribution >= 0.6 is 0 Å². The molecule has 1 aromatic rings. The van der Waals surface area contributed by atoms with Crippen molar-refractivity contribution in [3.05, 3.63) is 34.9 Å². The van der Waals surface area contributed by atoms with Crippen LogP contribution in [0.4, 0.5) is 4.79 Å². The first-order chi connectivity index (χ1) is 11.2. The van der Waals surface area contributed by atoms with Crippen molar-refractivity contribution in [2.24, 2.45) is 5.92 Å². The van der Waals surface area contributed by atoms with Crippen LogP contribution in [0.15, 0.2) is 18.2 Å². The number of carbonyl (C=O) groups excluding carboxylic acids is 1. The van der Waals surface area contributed by atoms with Crippen LogP contribution < -0.4 is 5.32 Å². The van der Waals surface area contributed by atoms with Crippen LogP contribution in [0.25, 0.3) is 0 Å². The summed E-state index contributed by atoms with van der Waals surface area (Å²) in [6.45, 7) is 5.85. The van der Waals surface area contributed by atoms with Gasteiger partial charge in [-0.15, -0.1) is 0 Å². The molecule has 0 radical (unpaired) electrons. The molecule has 124 valence electrons. The summed E-state index contributed by atoms with van der Waals surface area (Å²) >= 11 is 0. The molecule has 1 heterocycles. The van der Waals surface area contributed by atoms with Crippen LogP contribution in [0.5, 0.6) is 0 Å². The number of hydrogen-bond acceptors (Lipinski definition) is 1. The van der Waals surface area contributed by atoms with E-state index in [1.165, 1.54) is 36.8 Å². The van der Waals surface area contributed by atoms with Crippen molar-refractivity contribution in [3.63, 3.8) is 0 Å². The summed E-state index contributed by atoms with van der Waals surface area (Å²) in [5.74, 6) is 0.655. The summed E-state index contributed by atoms with van der Waals surface area (Å²) < 4.78 is 0. The van der Waals surface area contributed by atoms with E-state index >= 15 is 0 Å². The first kappa shape index (κ1) is 15.0. The lowest BCUT2D eigenvalue weighted by molar-refractivity contribution is 0.0102. The highest BCUT2D eigenvalue weighted by Gasteiger charge is 2.54. The maximum absolute atomic E-state index is 12.6. The van der Waals surface area contributed by atoms with Crippen LogP contribution in [0.3, 0.4) is 0 Å². The zero-order valence-electron chi connectivity index (χ0n) is 14.4. The average Bonchev–Trinajstić information content (AvgIpc) is 2.56. The van der Waals surface area contributed by atoms with E-state index in [-0.39, 0.29) is 6.03 Å². The van der Waals surface area contributed by atoms with Crippen molar-refractivity contribution in [3.8, 4) is 0 Å². The van der Waals surface area contributed by atoms with Gasteiger partial charge in [0.2, 0.25) is 0 Å². The Kier molecular flexibility index (Phi) is 3.62. The number of fused-ring (bicyclic) bond motifs is 1. The van der Waals surface area contributed by atoms with Gasteiger partial charge in [-0.1, -0.05) is 36.6 Å². The van der Waals surface area contributed by atoms with Crippen molar-refractivity contribution in [2.45, 2.75) is 63.8 Å². The third kappa shape index (κ3) is 2.20. The Morgan fingerprint density at radius 3 is 3.04 bits per heavy atom. The molecule has 1 aliphatic heterocycles. The monoisotopic (exact) mass is 312 g/mol.